The Bertz CT molecular complexity index is 535. The minimum atomic E-state index is -1.21. The van der Waals surface area contributed by atoms with Crippen LogP contribution in [0.2, 0.25) is 0 Å². The molecular weight excluding hydrogens is 280 g/mol. The van der Waals surface area contributed by atoms with E-state index in [-0.39, 0.29) is 17.1 Å². The van der Waals surface area contributed by atoms with Crippen LogP contribution in [0.5, 0.6) is 11.5 Å². The van der Waals surface area contributed by atoms with Crippen LogP contribution in [-0.2, 0) is 9.53 Å². The third-order valence-corrected chi connectivity index (χ3v) is 2.53. The Morgan fingerprint density at radius 3 is 2.10 bits per heavy atom. The van der Waals surface area contributed by atoms with Crippen LogP contribution in [0.4, 0.5) is 4.79 Å². The van der Waals surface area contributed by atoms with Crippen molar-refractivity contribution in [1.29, 1.82) is 0 Å². The summed E-state index contributed by atoms with van der Waals surface area (Å²) in [5.74, 6) is -1.18. The molecule has 1 atom stereocenters. The summed E-state index contributed by atoms with van der Waals surface area (Å²) in [6, 6.07) is 3.70. The van der Waals surface area contributed by atoms with Gasteiger partial charge in [-0.2, -0.15) is 0 Å². The number of primary amides is 1. The maximum absolute atomic E-state index is 12.1. The summed E-state index contributed by atoms with van der Waals surface area (Å²) in [5.41, 5.74) is 4.86. The van der Waals surface area contributed by atoms with E-state index in [2.05, 4.69) is 0 Å². The molecule has 0 spiro atoms. The van der Waals surface area contributed by atoms with E-state index in [1.165, 1.54) is 21.1 Å². The Labute approximate surface area is 121 Å². The standard InChI is InChI=1S/C13H16N2O6/c1-7(11(16)15-13(14)18)21-12(17)10-8(19-2)5-4-6-9(10)20-3/h4-7H,1-3H3,(H3,14,15,16,18)/t7-/m0/s1. The molecule has 0 unspecified atom stereocenters. The van der Waals surface area contributed by atoms with Crippen LogP contribution in [0, 0.1) is 0 Å². The van der Waals surface area contributed by atoms with Crippen molar-refractivity contribution in [2.24, 2.45) is 5.73 Å². The minimum Gasteiger partial charge on any atom is -0.496 e. The van der Waals surface area contributed by atoms with Gasteiger partial charge in [0.1, 0.15) is 17.1 Å². The molecule has 3 N–H and O–H groups in total. The molecule has 0 saturated heterocycles. The molecule has 0 bridgehead atoms. The zero-order chi connectivity index (χ0) is 16.0. The number of imide groups is 1. The highest BCUT2D eigenvalue weighted by atomic mass is 16.6. The van der Waals surface area contributed by atoms with E-state index in [9.17, 15) is 14.4 Å². The smallest absolute Gasteiger partial charge is 0.346 e. The molecule has 8 nitrogen and oxygen atoms in total. The van der Waals surface area contributed by atoms with Crippen molar-refractivity contribution in [3.05, 3.63) is 23.8 Å². The van der Waals surface area contributed by atoms with Crippen LogP contribution < -0.4 is 20.5 Å². The maximum atomic E-state index is 12.1. The number of carbonyl (C=O) groups is 3. The average Bonchev–Trinajstić information content (AvgIpc) is 2.45. The molecule has 1 aromatic carbocycles. The number of hydrogen-bond acceptors (Lipinski definition) is 6. The predicted molar refractivity (Wildman–Crippen MR) is 72.1 cm³/mol. The zero-order valence-corrected chi connectivity index (χ0v) is 11.8. The summed E-state index contributed by atoms with van der Waals surface area (Å²) < 4.78 is 15.1. The Hall–Kier alpha value is -2.77. The van der Waals surface area contributed by atoms with Crippen molar-refractivity contribution in [2.45, 2.75) is 13.0 Å². The third kappa shape index (κ3) is 4.10. The fourth-order valence-corrected chi connectivity index (χ4v) is 1.55. The van der Waals surface area contributed by atoms with Gasteiger partial charge in [0.25, 0.3) is 5.91 Å². The molecule has 0 aliphatic carbocycles. The van der Waals surface area contributed by atoms with Gasteiger partial charge in [0.2, 0.25) is 0 Å². The highest BCUT2D eigenvalue weighted by molar-refractivity contribution is 6.00. The summed E-state index contributed by atoms with van der Waals surface area (Å²) >= 11 is 0. The molecule has 8 heteroatoms. The highest BCUT2D eigenvalue weighted by Crippen LogP contribution is 2.29. The number of nitrogens with two attached hydrogens (primary N) is 1. The van der Waals surface area contributed by atoms with Crippen LogP contribution in [0.25, 0.3) is 0 Å². The number of hydrogen-bond donors (Lipinski definition) is 2. The van der Waals surface area contributed by atoms with Crippen LogP contribution in [0.1, 0.15) is 17.3 Å². The molecule has 0 aromatic heterocycles. The molecule has 0 saturated carbocycles. The normalized spacial score (nSPS) is 11.2. The Balaban J connectivity index is 2.94. The first kappa shape index (κ1) is 16.3. The van der Waals surface area contributed by atoms with Gasteiger partial charge in [-0.15, -0.1) is 0 Å². The third-order valence-electron chi connectivity index (χ3n) is 2.53. The number of carbonyl (C=O) groups excluding carboxylic acids is 3. The van der Waals surface area contributed by atoms with Crippen LogP contribution >= 0.6 is 0 Å². The summed E-state index contributed by atoms with van der Waals surface area (Å²) in [6.45, 7) is 1.30. The first-order valence-corrected chi connectivity index (χ1v) is 5.93. The Kier molecular flexibility index (Phi) is 5.53. The number of ether oxygens (including phenoxy) is 3. The van der Waals surface area contributed by atoms with Gasteiger partial charge in [-0.3, -0.25) is 10.1 Å². The zero-order valence-electron chi connectivity index (χ0n) is 11.8. The van der Waals surface area contributed by atoms with E-state index in [1.54, 1.807) is 18.2 Å². The first-order chi connectivity index (χ1) is 9.90. The highest BCUT2D eigenvalue weighted by Gasteiger charge is 2.25. The minimum absolute atomic E-state index is 0.0428. The predicted octanol–water partition coefficient (Wildman–Crippen LogP) is 0.444. The molecule has 0 aliphatic rings. The Morgan fingerprint density at radius 2 is 1.67 bits per heavy atom. The van der Waals surface area contributed by atoms with E-state index in [0.717, 1.165) is 0 Å². The fourth-order valence-electron chi connectivity index (χ4n) is 1.55. The second kappa shape index (κ2) is 7.13. The maximum Gasteiger partial charge on any atom is 0.346 e. The average molecular weight is 296 g/mol. The summed E-state index contributed by atoms with van der Waals surface area (Å²) in [4.78, 5) is 34.2. The SMILES string of the molecule is COc1cccc(OC)c1C(=O)O[C@@H](C)C(=O)NC(N)=O. The lowest BCUT2D eigenvalue weighted by molar-refractivity contribution is -0.127. The van der Waals surface area contributed by atoms with Crippen molar-refractivity contribution in [1.82, 2.24) is 5.32 Å². The molecule has 114 valence electrons. The van der Waals surface area contributed by atoms with Gasteiger partial charge in [0, 0.05) is 0 Å². The van der Waals surface area contributed by atoms with Crippen molar-refractivity contribution in [3.8, 4) is 11.5 Å². The van der Waals surface area contributed by atoms with Crippen molar-refractivity contribution < 1.29 is 28.6 Å². The monoisotopic (exact) mass is 296 g/mol. The van der Waals surface area contributed by atoms with E-state index in [1.807, 2.05) is 5.32 Å². The topological polar surface area (TPSA) is 117 Å². The van der Waals surface area contributed by atoms with Crippen molar-refractivity contribution in [2.75, 3.05) is 14.2 Å². The van der Waals surface area contributed by atoms with E-state index in [0.29, 0.717) is 0 Å². The van der Waals surface area contributed by atoms with Crippen LogP contribution in [-0.4, -0.2) is 38.2 Å². The molecule has 0 fully saturated rings. The Morgan fingerprint density at radius 1 is 1.14 bits per heavy atom. The summed E-state index contributed by atoms with van der Waals surface area (Å²) in [5, 5.41) is 1.82. The summed E-state index contributed by atoms with van der Waals surface area (Å²) in [6.07, 6.45) is -1.21. The second-order valence-corrected chi connectivity index (χ2v) is 3.94. The van der Waals surface area contributed by atoms with E-state index < -0.39 is 24.0 Å². The molecule has 0 heterocycles. The van der Waals surface area contributed by atoms with Gasteiger partial charge in [0.05, 0.1) is 14.2 Å². The molecule has 0 aliphatic heterocycles. The molecule has 0 radical (unpaired) electrons. The van der Waals surface area contributed by atoms with Crippen molar-refractivity contribution in [3.63, 3.8) is 0 Å². The van der Waals surface area contributed by atoms with Gasteiger partial charge < -0.3 is 19.9 Å². The van der Waals surface area contributed by atoms with Gasteiger partial charge in [-0.25, -0.2) is 9.59 Å². The second-order valence-electron chi connectivity index (χ2n) is 3.94. The van der Waals surface area contributed by atoms with Crippen molar-refractivity contribution >= 4 is 17.9 Å². The van der Waals surface area contributed by atoms with Crippen LogP contribution in [0.3, 0.4) is 0 Å². The van der Waals surface area contributed by atoms with Gasteiger partial charge in [-0.05, 0) is 19.1 Å². The van der Waals surface area contributed by atoms with E-state index >= 15 is 0 Å². The number of nitrogens with one attached hydrogen (secondary N) is 1. The lowest BCUT2D eigenvalue weighted by atomic mass is 10.1. The van der Waals surface area contributed by atoms with E-state index in [4.69, 9.17) is 19.9 Å². The molecule has 21 heavy (non-hydrogen) atoms. The fraction of sp³-hybridized carbons (Fsp3) is 0.308. The number of urea groups is 1. The lowest BCUT2D eigenvalue weighted by Crippen LogP contribution is -2.42. The molecule has 1 aromatic rings. The molecular formula is C13H16N2O6. The number of amides is 3. The van der Waals surface area contributed by atoms with Gasteiger partial charge >= 0.3 is 12.0 Å². The van der Waals surface area contributed by atoms with Gasteiger partial charge in [-0.1, -0.05) is 6.07 Å². The van der Waals surface area contributed by atoms with Gasteiger partial charge in [0.15, 0.2) is 6.10 Å². The summed E-state index contributed by atoms with van der Waals surface area (Å²) in [7, 11) is 2.77. The molecule has 3 amide bonds. The lowest BCUT2D eigenvalue weighted by Gasteiger charge is -2.15. The molecule has 1 rings (SSSR count). The number of esters is 1. The quantitative estimate of drug-likeness (QED) is 0.762. The number of methoxy groups -OCH3 is 2. The number of rotatable bonds is 5. The number of benzene rings is 1. The van der Waals surface area contributed by atoms with Crippen LogP contribution in [0.15, 0.2) is 18.2 Å². The largest absolute Gasteiger partial charge is 0.496 e. The first-order valence-electron chi connectivity index (χ1n) is 5.93.